The summed E-state index contributed by atoms with van der Waals surface area (Å²) in [5, 5.41) is 12.7. The molecule has 0 aliphatic heterocycles. The van der Waals surface area contributed by atoms with Gasteiger partial charge < -0.3 is 5.11 Å². The standard InChI is InChI=1S/C14H13NO4S2/c16-13(17)14(6-7-14)10-1-3-12(4-2-10)21(18,19)15-11-5-8-20-9-11/h1-5,8-9,15H,6-7H2,(H,16,17). The van der Waals surface area contributed by atoms with Crippen LogP contribution in [0.3, 0.4) is 0 Å². The van der Waals surface area contributed by atoms with Crippen LogP contribution < -0.4 is 4.72 Å². The minimum Gasteiger partial charge on any atom is -0.481 e. The summed E-state index contributed by atoms with van der Waals surface area (Å²) >= 11 is 1.40. The Hall–Kier alpha value is -1.86. The number of sulfonamides is 1. The number of carbonyl (C=O) groups is 1. The lowest BCUT2D eigenvalue weighted by Crippen LogP contribution is -2.19. The van der Waals surface area contributed by atoms with Crippen LogP contribution in [0.2, 0.25) is 0 Å². The Morgan fingerprint density at radius 1 is 1.19 bits per heavy atom. The zero-order chi connectivity index (χ0) is 15.1. The van der Waals surface area contributed by atoms with Crippen molar-refractivity contribution in [3.8, 4) is 0 Å². The highest BCUT2D eigenvalue weighted by Gasteiger charge is 2.51. The number of carboxylic acids is 1. The molecule has 5 nitrogen and oxygen atoms in total. The van der Waals surface area contributed by atoms with Gasteiger partial charge in [0.25, 0.3) is 10.0 Å². The van der Waals surface area contributed by atoms with E-state index in [0.29, 0.717) is 24.1 Å². The Morgan fingerprint density at radius 2 is 1.86 bits per heavy atom. The van der Waals surface area contributed by atoms with Gasteiger partial charge in [-0.25, -0.2) is 8.42 Å². The van der Waals surface area contributed by atoms with Crippen LogP contribution in [-0.4, -0.2) is 19.5 Å². The van der Waals surface area contributed by atoms with E-state index in [9.17, 15) is 18.3 Å². The van der Waals surface area contributed by atoms with E-state index < -0.39 is 21.4 Å². The Bertz CT molecular complexity index is 760. The van der Waals surface area contributed by atoms with Crippen LogP contribution in [0.1, 0.15) is 18.4 Å². The molecule has 3 rings (SSSR count). The molecule has 0 radical (unpaired) electrons. The molecule has 1 aromatic carbocycles. The molecule has 0 unspecified atom stereocenters. The first-order valence-corrected chi connectivity index (χ1v) is 8.76. The monoisotopic (exact) mass is 323 g/mol. The molecule has 2 aromatic rings. The van der Waals surface area contributed by atoms with Crippen molar-refractivity contribution in [1.82, 2.24) is 0 Å². The number of nitrogens with one attached hydrogen (secondary N) is 1. The molecule has 0 spiro atoms. The van der Waals surface area contributed by atoms with Crippen LogP contribution in [0.15, 0.2) is 46.0 Å². The second-order valence-electron chi connectivity index (χ2n) is 5.03. The van der Waals surface area contributed by atoms with E-state index in [-0.39, 0.29) is 4.90 Å². The molecule has 7 heteroatoms. The predicted molar refractivity (Wildman–Crippen MR) is 80.1 cm³/mol. The van der Waals surface area contributed by atoms with E-state index >= 15 is 0 Å². The summed E-state index contributed by atoms with van der Waals surface area (Å²) < 4.78 is 26.9. The Labute approximate surface area is 126 Å². The van der Waals surface area contributed by atoms with E-state index in [1.54, 1.807) is 29.0 Å². The lowest BCUT2D eigenvalue weighted by molar-refractivity contribution is -0.140. The number of aliphatic carboxylic acids is 1. The van der Waals surface area contributed by atoms with Crippen LogP contribution in [0.5, 0.6) is 0 Å². The average Bonchev–Trinajstić information content (AvgIpc) is 3.12. The highest BCUT2D eigenvalue weighted by molar-refractivity contribution is 7.92. The second kappa shape index (κ2) is 4.85. The zero-order valence-electron chi connectivity index (χ0n) is 10.9. The van der Waals surface area contributed by atoms with Crippen LogP contribution in [-0.2, 0) is 20.2 Å². The molecule has 1 aliphatic rings. The van der Waals surface area contributed by atoms with Crippen molar-refractivity contribution in [2.45, 2.75) is 23.2 Å². The molecule has 0 atom stereocenters. The van der Waals surface area contributed by atoms with Crippen molar-refractivity contribution >= 4 is 33.0 Å². The van der Waals surface area contributed by atoms with Crippen LogP contribution in [0.25, 0.3) is 0 Å². The van der Waals surface area contributed by atoms with Gasteiger partial charge in [-0.3, -0.25) is 9.52 Å². The molecule has 2 N–H and O–H groups in total. The highest BCUT2D eigenvalue weighted by Crippen LogP contribution is 2.48. The summed E-state index contributed by atoms with van der Waals surface area (Å²) in [6, 6.07) is 7.76. The summed E-state index contributed by atoms with van der Waals surface area (Å²) in [4.78, 5) is 11.4. The third-order valence-corrected chi connectivity index (χ3v) is 5.73. The van der Waals surface area contributed by atoms with Crippen LogP contribution in [0.4, 0.5) is 5.69 Å². The molecule has 1 fully saturated rings. The molecule has 1 heterocycles. The SMILES string of the molecule is O=C(O)C1(c2ccc(S(=O)(=O)Nc3ccsc3)cc2)CC1. The van der Waals surface area contributed by atoms with Gasteiger partial charge in [0, 0.05) is 5.38 Å². The third kappa shape index (κ3) is 2.54. The molecule has 1 aliphatic carbocycles. The van der Waals surface area contributed by atoms with Crippen LogP contribution in [0, 0.1) is 0 Å². The number of anilines is 1. The number of hydrogen-bond acceptors (Lipinski definition) is 4. The molecule has 1 saturated carbocycles. The Balaban J connectivity index is 1.86. The maximum Gasteiger partial charge on any atom is 0.314 e. The molecule has 110 valence electrons. The summed E-state index contributed by atoms with van der Waals surface area (Å²) in [5.41, 5.74) is 0.362. The summed E-state index contributed by atoms with van der Waals surface area (Å²) in [6.07, 6.45) is 1.20. The maximum atomic E-state index is 12.2. The second-order valence-corrected chi connectivity index (χ2v) is 7.49. The quantitative estimate of drug-likeness (QED) is 0.886. The van der Waals surface area contributed by atoms with Gasteiger partial charge >= 0.3 is 5.97 Å². The summed E-state index contributed by atoms with van der Waals surface area (Å²) in [5.74, 6) is -0.852. The van der Waals surface area contributed by atoms with Crippen molar-refractivity contribution in [1.29, 1.82) is 0 Å². The van der Waals surface area contributed by atoms with Gasteiger partial charge in [-0.2, -0.15) is 11.3 Å². The third-order valence-electron chi connectivity index (χ3n) is 3.65. The summed E-state index contributed by atoms with van der Waals surface area (Å²) in [7, 11) is -3.64. The molecule has 0 bridgehead atoms. The average molecular weight is 323 g/mol. The zero-order valence-corrected chi connectivity index (χ0v) is 12.6. The smallest absolute Gasteiger partial charge is 0.314 e. The number of rotatable bonds is 5. The van der Waals surface area contributed by atoms with Crippen LogP contribution >= 0.6 is 11.3 Å². The van der Waals surface area contributed by atoms with E-state index in [2.05, 4.69) is 4.72 Å². The highest BCUT2D eigenvalue weighted by atomic mass is 32.2. The van der Waals surface area contributed by atoms with Gasteiger partial charge in [0.15, 0.2) is 0 Å². The van der Waals surface area contributed by atoms with Gasteiger partial charge in [-0.05, 0) is 42.0 Å². The number of benzene rings is 1. The first kappa shape index (κ1) is 14.1. The molecule has 0 saturated heterocycles. The van der Waals surface area contributed by atoms with E-state index in [0.717, 1.165) is 0 Å². The van der Waals surface area contributed by atoms with E-state index in [1.165, 1.54) is 23.5 Å². The maximum absolute atomic E-state index is 12.2. The van der Waals surface area contributed by atoms with Gasteiger partial charge in [0.2, 0.25) is 0 Å². The number of thiophene rings is 1. The largest absolute Gasteiger partial charge is 0.481 e. The fourth-order valence-corrected chi connectivity index (χ4v) is 3.95. The van der Waals surface area contributed by atoms with Gasteiger partial charge in [0.05, 0.1) is 16.0 Å². The van der Waals surface area contributed by atoms with Gasteiger partial charge in [-0.15, -0.1) is 0 Å². The lowest BCUT2D eigenvalue weighted by atomic mass is 9.96. The molecule has 21 heavy (non-hydrogen) atoms. The van der Waals surface area contributed by atoms with Crippen molar-refractivity contribution in [3.63, 3.8) is 0 Å². The van der Waals surface area contributed by atoms with Gasteiger partial charge in [0.1, 0.15) is 0 Å². The topological polar surface area (TPSA) is 83.5 Å². The fourth-order valence-electron chi connectivity index (χ4n) is 2.24. The summed E-state index contributed by atoms with van der Waals surface area (Å²) in [6.45, 7) is 0. The molecule has 1 aromatic heterocycles. The number of carboxylic acid groups (broad SMARTS) is 1. The predicted octanol–water partition coefficient (Wildman–Crippen LogP) is 2.67. The van der Waals surface area contributed by atoms with Crippen molar-refractivity contribution in [3.05, 3.63) is 46.7 Å². The lowest BCUT2D eigenvalue weighted by Gasteiger charge is -2.11. The molecule has 0 amide bonds. The van der Waals surface area contributed by atoms with E-state index in [1.807, 2.05) is 0 Å². The van der Waals surface area contributed by atoms with E-state index in [4.69, 9.17) is 0 Å². The Morgan fingerprint density at radius 3 is 2.33 bits per heavy atom. The fraction of sp³-hybridized carbons (Fsp3) is 0.214. The normalized spacial score (nSPS) is 16.4. The minimum absolute atomic E-state index is 0.124. The van der Waals surface area contributed by atoms with Crippen molar-refractivity contribution in [2.75, 3.05) is 4.72 Å². The first-order valence-electron chi connectivity index (χ1n) is 6.33. The van der Waals surface area contributed by atoms with Gasteiger partial charge in [-0.1, -0.05) is 12.1 Å². The first-order chi connectivity index (χ1) is 9.94. The molecular formula is C14H13NO4S2. The number of hydrogen-bond donors (Lipinski definition) is 2. The minimum atomic E-state index is -3.64. The Kier molecular flexibility index (Phi) is 3.26. The van der Waals surface area contributed by atoms with Crippen molar-refractivity contribution < 1.29 is 18.3 Å². The molecular weight excluding hydrogens is 310 g/mol. The van der Waals surface area contributed by atoms with Crippen molar-refractivity contribution in [2.24, 2.45) is 0 Å².